The van der Waals surface area contributed by atoms with Gasteiger partial charge in [0.25, 0.3) is 5.91 Å². The van der Waals surface area contributed by atoms with Gasteiger partial charge in [-0.25, -0.2) is 0 Å². The zero-order valence-corrected chi connectivity index (χ0v) is 13.1. The van der Waals surface area contributed by atoms with Crippen LogP contribution in [-0.4, -0.2) is 33.4 Å². The normalized spacial score (nSPS) is 25.6. The number of aliphatic hydroxyl groups is 1. The largest absolute Gasteiger partial charge is 0.394 e. The van der Waals surface area contributed by atoms with Crippen LogP contribution in [0.15, 0.2) is 6.07 Å². The molecule has 1 saturated carbocycles. The van der Waals surface area contributed by atoms with E-state index in [1.807, 2.05) is 13.8 Å². The van der Waals surface area contributed by atoms with Gasteiger partial charge in [-0.05, 0) is 38.2 Å². The maximum Gasteiger partial charge on any atom is 0.253 e. The number of amides is 1. The lowest BCUT2D eigenvalue weighted by Gasteiger charge is -2.39. The monoisotopic (exact) mass is 291 g/mol. The molecule has 2 rings (SSSR count). The van der Waals surface area contributed by atoms with Gasteiger partial charge in [0.1, 0.15) is 0 Å². The number of rotatable bonds is 4. The number of nitrogens with zero attached hydrogens (tertiary/aromatic N) is 2. The number of aryl methyl sites for hydroxylation is 2. The van der Waals surface area contributed by atoms with Crippen molar-refractivity contribution < 1.29 is 9.90 Å². The van der Waals surface area contributed by atoms with E-state index in [1.165, 1.54) is 0 Å². The maximum atomic E-state index is 12.6. The summed E-state index contributed by atoms with van der Waals surface area (Å²) in [6.45, 7) is 5.95. The van der Waals surface area contributed by atoms with Crippen LogP contribution in [0, 0.1) is 12.8 Å². The van der Waals surface area contributed by atoms with Gasteiger partial charge in [-0.1, -0.05) is 26.7 Å². The Morgan fingerprint density at radius 2 is 2.29 bits per heavy atom. The van der Waals surface area contributed by atoms with E-state index in [9.17, 15) is 9.90 Å². The fourth-order valence-electron chi connectivity index (χ4n) is 3.24. The Bertz CT molecular complexity index is 518. The smallest absolute Gasteiger partial charge is 0.253 e. The Hall–Kier alpha value is -1.49. The molecule has 0 aromatic carbocycles. The number of hydrogen-bond donors (Lipinski definition) is 2. The van der Waals surface area contributed by atoms with Crippen molar-refractivity contribution in [1.29, 1.82) is 0 Å². The van der Waals surface area contributed by atoms with Crippen molar-refractivity contribution in [2.45, 2.75) is 58.4 Å². The van der Waals surface area contributed by atoms with E-state index >= 15 is 0 Å². The number of aromatic nitrogens is 2. The van der Waals surface area contributed by atoms with E-state index in [1.54, 1.807) is 6.07 Å². The zero-order chi connectivity index (χ0) is 15.5. The summed E-state index contributed by atoms with van der Waals surface area (Å²) in [4.78, 5) is 12.6. The Balaban J connectivity index is 2.22. The van der Waals surface area contributed by atoms with Gasteiger partial charge in [0.2, 0.25) is 0 Å². The predicted octanol–water partition coefficient (Wildman–Crippen LogP) is 2.02. The predicted molar refractivity (Wildman–Crippen MR) is 81.1 cm³/mol. The van der Waals surface area contributed by atoms with Crippen LogP contribution in [0.2, 0.25) is 0 Å². The van der Waals surface area contributed by atoms with E-state index in [0.29, 0.717) is 23.6 Å². The summed E-state index contributed by atoms with van der Waals surface area (Å²) in [7, 11) is 0. The molecule has 1 aromatic heterocycles. The summed E-state index contributed by atoms with van der Waals surface area (Å²) in [6, 6.07) is 1.78. The summed E-state index contributed by atoms with van der Waals surface area (Å²) in [5.41, 5.74) is 1.52. The molecule has 5 heteroatoms. The van der Waals surface area contributed by atoms with E-state index in [-0.39, 0.29) is 12.5 Å². The summed E-state index contributed by atoms with van der Waals surface area (Å²) in [5, 5.41) is 21.0. The standard InChI is InChI=1S/C16H25N3O2/c1-4-14-13(8-12(3)18-19-14)15(21)17-16(10-20)7-5-6-11(2)9-16/h8,11,20H,4-7,9-10H2,1-3H3,(H,17,21). The first-order chi connectivity index (χ1) is 9.99. The van der Waals surface area contributed by atoms with Crippen LogP contribution in [0.5, 0.6) is 0 Å². The van der Waals surface area contributed by atoms with Crippen molar-refractivity contribution in [2.24, 2.45) is 5.92 Å². The molecule has 1 aliphatic rings. The lowest BCUT2D eigenvalue weighted by Crippen LogP contribution is -2.54. The third-order valence-electron chi connectivity index (χ3n) is 4.34. The van der Waals surface area contributed by atoms with Crippen LogP contribution in [0.1, 0.15) is 61.3 Å². The molecule has 1 heterocycles. The van der Waals surface area contributed by atoms with Crippen molar-refractivity contribution in [2.75, 3.05) is 6.61 Å². The van der Waals surface area contributed by atoms with E-state index in [2.05, 4.69) is 22.4 Å². The molecule has 0 bridgehead atoms. The van der Waals surface area contributed by atoms with Gasteiger partial charge in [0, 0.05) is 0 Å². The van der Waals surface area contributed by atoms with Crippen LogP contribution in [0.25, 0.3) is 0 Å². The van der Waals surface area contributed by atoms with Crippen LogP contribution >= 0.6 is 0 Å². The summed E-state index contributed by atoms with van der Waals surface area (Å²) in [6.07, 6.45) is 4.52. The van der Waals surface area contributed by atoms with Gasteiger partial charge < -0.3 is 10.4 Å². The van der Waals surface area contributed by atoms with Crippen molar-refractivity contribution >= 4 is 5.91 Å². The second kappa shape index (κ2) is 6.52. The molecule has 1 aromatic rings. The Morgan fingerprint density at radius 3 is 2.90 bits per heavy atom. The quantitative estimate of drug-likeness (QED) is 0.890. The topological polar surface area (TPSA) is 75.1 Å². The van der Waals surface area contributed by atoms with E-state index < -0.39 is 5.54 Å². The molecular formula is C16H25N3O2. The molecule has 0 radical (unpaired) electrons. The van der Waals surface area contributed by atoms with Gasteiger partial charge in [-0.2, -0.15) is 10.2 Å². The molecule has 0 aliphatic heterocycles. The number of carbonyl (C=O) groups is 1. The van der Waals surface area contributed by atoms with Gasteiger partial charge in [-0.3, -0.25) is 4.79 Å². The maximum absolute atomic E-state index is 12.6. The minimum atomic E-state index is -0.489. The first-order valence-corrected chi connectivity index (χ1v) is 7.76. The highest BCUT2D eigenvalue weighted by molar-refractivity contribution is 5.95. The highest BCUT2D eigenvalue weighted by Crippen LogP contribution is 2.32. The fraction of sp³-hybridized carbons (Fsp3) is 0.688. The first kappa shape index (κ1) is 15.9. The highest BCUT2D eigenvalue weighted by Gasteiger charge is 2.36. The molecule has 2 N–H and O–H groups in total. The minimum absolute atomic E-state index is 0.0119. The number of nitrogens with one attached hydrogen (secondary N) is 1. The van der Waals surface area contributed by atoms with Crippen LogP contribution in [-0.2, 0) is 6.42 Å². The number of hydrogen-bond acceptors (Lipinski definition) is 4. The van der Waals surface area contributed by atoms with Gasteiger partial charge in [0.15, 0.2) is 0 Å². The number of aliphatic hydroxyl groups excluding tert-OH is 1. The molecule has 2 unspecified atom stereocenters. The second-order valence-electron chi connectivity index (χ2n) is 6.29. The molecule has 1 aliphatic carbocycles. The average Bonchev–Trinajstić information content (AvgIpc) is 2.47. The molecule has 1 amide bonds. The molecule has 0 spiro atoms. The first-order valence-electron chi connectivity index (χ1n) is 7.76. The van der Waals surface area contributed by atoms with Crippen molar-refractivity contribution in [3.63, 3.8) is 0 Å². The molecule has 2 atom stereocenters. The van der Waals surface area contributed by atoms with Crippen LogP contribution in [0.4, 0.5) is 0 Å². The Morgan fingerprint density at radius 1 is 1.52 bits per heavy atom. The molecular weight excluding hydrogens is 266 g/mol. The summed E-state index contributed by atoms with van der Waals surface area (Å²) >= 11 is 0. The lowest BCUT2D eigenvalue weighted by atomic mass is 9.76. The molecule has 0 saturated heterocycles. The zero-order valence-electron chi connectivity index (χ0n) is 13.1. The fourth-order valence-corrected chi connectivity index (χ4v) is 3.24. The summed E-state index contributed by atoms with van der Waals surface area (Å²) in [5.74, 6) is 0.377. The summed E-state index contributed by atoms with van der Waals surface area (Å²) < 4.78 is 0. The SMILES string of the molecule is CCc1nnc(C)cc1C(=O)NC1(CO)CCCC(C)C1. The Labute approximate surface area is 126 Å². The van der Waals surface area contributed by atoms with Crippen LogP contribution in [0.3, 0.4) is 0 Å². The second-order valence-corrected chi connectivity index (χ2v) is 6.29. The van der Waals surface area contributed by atoms with Gasteiger partial charge in [-0.15, -0.1) is 0 Å². The molecule has 21 heavy (non-hydrogen) atoms. The van der Waals surface area contributed by atoms with E-state index in [4.69, 9.17) is 0 Å². The van der Waals surface area contributed by atoms with E-state index in [0.717, 1.165) is 31.4 Å². The highest BCUT2D eigenvalue weighted by atomic mass is 16.3. The average molecular weight is 291 g/mol. The van der Waals surface area contributed by atoms with Gasteiger partial charge >= 0.3 is 0 Å². The molecule has 116 valence electrons. The molecule has 1 fully saturated rings. The Kier molecular flexibility index (Phi) is 4.93. The minimum Gasteiger partial charge on any atom is -0.394 e. The third kappa shape index (κ3) is 3.59. The van der Waals surface area contributed by atoms with Crippen molar-refractivity contribution in [3.05, 3.63) is 23.0 Å². The van der Waals surface area contributed by atoms with Gasteiger partial charge in [0.05, 0.1) is 29.1 Å². The molecule has 5 nitrogen and oxygen atoms in total. The lowest BCUT2D eigenvalue weighted by molar-refractivity contribution is 0.0695. The van der Waals surface area contributed by atoms with Crippen molar-refractivity contribution in [1.82, 2.24) is 15.5 Å². The third-order valence-corrected chi connectivity index (χ3v) is 4.34. The number of carbonyl (C=O) groups excluding carboxylic acids is 1. The van der Waals surface area contributed by atoms with Crippen molar-refractivity contribution in [3.8, 4) is 0 Å². The van der Waals surface area contributed by atoms with Crippen LogP contribution < -0.4 is 5.32 Å².